The van der Waals surface area contributed by atoms with Gasteiger partial charge in [0.25, 0.3) is 5.91 Å². The van der Waals surface area contributed by atoms with E-state index in [0.717, 1.165) is 40.5 Å². The molecule has 5 aromatic carbocycles. The van der Waals surface area contributed by atoms with Gasteiger partial charge in [-0.2, -0.15) is 0 Å². The van der Waals surface area contributed by atoms with E-state index in [1.54, 1.807) is 0 Å². The first-order chi connectivity index (χ1) is 18.8. The van der Waals surface area contributed by atoms with Crippen molar-refractivity contribution in [3.63, 3.8) is 0 Å². The van der Waals surface area contributed by atoms with Crippen LogP contribution in [0.5, 0.6) is 11.5 Å². The Bertz CT molecular complexity index is 1460. The van der Waals surface area contributed by atoms with E-state index in [-0.39, 0.29) is 5.91 Å². The van der Waals surface area contributed by atoms with Gasteiger partial charge in [0, 0.05) is 11.9 Å². The van der Waals surface area contributed by atoms with Crippen molar-refractivity contribution >= 4 is 16.7 Å². The van der Waals surface area contributed by atoms with Crippen LogP contribution in [0.4, 0.5) is 0 Å². The van der Waals surface area contributed by atoms with Gasteiger partial charge in [0.2, 0.25) is 0 Å². The first-order valence-electron chi connectivity index (χ1n) is 13.0. The SMILES string of the molecule is O=C(NCCCc1ccccc1)c1cccc2cccc(OCc3ccc(OCc4ccccc4)cc3)c12. The molecule has 0 saturated heterocycles. The lowest BCUT2D eigenvalue weighted by Gasteiger charge is -2.14. The molecule has 190 valence electrons. The lowest BCUT2D eigenvalue weighted by atomic mass is 10.0. The minimum Gasteiger partial charge on any atom is -0.489 e. The summed E-state index contributed by atoms with van der Waals surface area (Å²) in [5, 5.41) is 4.89. The molecule has 0 atom stereocenters. The fraction of sp³-hybridized carbons (Fsp3) is 0.147. The maximum Gasteiger partial charge on any atom is 0.252 e. The van der Waals surface area contributed by atoms with Crippen LogP contribution in [-0.4, -0.2) is 12.5 Å². The maximum absolute atomic E-state index is 13.1. The average Bonchev–Trinajstić information content (AvgIpc) is 2.98. The lowest BCUT2D eigenvalue weighted by Crippen LogP contribution is -2.25. The number of aryl methyl sites for hydroxylation is 1. The first kappa shape index (κ1) is 25.1. The summed E-state index contributed by atoms with van der Waals surface area (Å²) in [4.78, 5) is 13.1. The molecule has 0 aliphatic heterocycles. The van der Waals surface area contributed by atoms with Crippen LogP contribution in [0.25, 0.3) is 10.8 Å². The number of rotatable bonds is 11. The van der Waals surface area contributed by atoms with Crippen molar-refractivity contribution in [3.8, 4) is 11.5 Å². The molecule has 0 spiro atoms. The highest BCUT2D eigenvalue weighted by Crippen LogP contribution is 2.30. The predicted molar refractivity (Wildman–Crippen MR) is 153 cm³/mol. The van der Waals surface area contributed by atoms with Crippen LogP contribution in [0.2, 0.25) is 0 Å². The molecule has 1 amide bonds. The smallest absolute Gasteiger partial charge is 0.252 e. The molecule has 0 radical (unpaired) electrons. The molecule has 5 aromatic rings. The second-order valence-corrected chi connectivity index (χ2v) is 9.21. The van der Waals surface area contributed by atoms with E-state index in [1.165, 1.54) is 5.56 Å². The Hall–Kier alpha value is -4.57. The average molecular weight is 502 g/mol. The van der Waals surface area contributed by atoms with Crippen LogP contribution in [0.3, 0.4) is 0 Å². The van der Waals surface area contributed by atoms with Gasteiger partial charge < -0.3 is 14.8 Å². The Morgan fingerprint density at radius 3 is 1.97 bits per heavy atom. The molecule has 5 rings (SSSR count). The summed E-state index contributed by atoms with van der Waals surface area (Å²) >= 11 is 0. The van der Waals surface area contributed by atoms with E-state index in [1.807, 2.05) is 109 Å². The van der Waals surface area contributed by atoms with Crippen LogP contribution >= 0.6 is 0 Å². The molecular formula is C34H31NO3. The molecule has 0 saturated carbocycles. The van der Waals surface area contributed by atoms with Crippen molar-refractivity contribution < 1.29 is 14.3 Å². The number of hydrogen-bond donors (Lipinski definition) is 1. The summed E-state index contributed by atoms with van der Waals surface area (Å²) in [6, 6.07) is 40.0. The second kappa shape index (κ2) is 12.6. The Labute approximate surface area is 223 Å². The highest BCUT2D eigenvalue weighted by atomic mass is 16.5. The van der Waals surface area contributed by atoms with Gasteiger partial charge in [-0.05, 0) is 59.2 Å². The molecule has 4 heteroatoms. The van der Waals surface area contributed by atoms with E-state index in [4.69, 9.17) is 9.47 Å². The zero-order valence-electron chi connectivity index (χ0n) is 21.3. The summed E-state index contributed by atoms with van der Waals surface area (Å²) < 4.78 is 12.1. The summed E-state index contributed by atoms with van der Waals surface area (Å²) in [7, 11) is 0. The zero-order valence-corrected chi connectivity index (χ0v) is 21.3. The third-order valence-corrected chi connectivity index (χ3v) is 6.45. The van der Waals surface area contributed by atoms with E-state index >= 15 is 0 Å². The molecule has 0 aromatic heterocycles. The summed E-state index contributed by atoms with van der Waals surface area (Å²) in [6.07, 6.45) is 1.82. The van der Waals surface area contributed by atoms with Crippen LogP contribution in [0.15, 0.2) is 121 Å². The van der Waals surface area contributed by atoms with Crippen LogP contribution in [0, 0.1) is 0 Å². The monoisotopic (exact) mass is 501 g/mol. The van der Waals surface area contributed by atoms with Gasteiger partial charge in [0.15, 0.2) is 0 Å². The quantitative estimate of drug-likeness (QED) is 0.192. The number of ether oxygens (including phenoxy) is 2. The van der Waals surface area contributed by atoms with Gasteiger partial charge in [-0.3, -0.25) is 4.79 Å². The number of carbonyl (C=O) groups excluding carboxylic acids is 1. The minimum atomic E-state index is -0.0837. The fourth-order valence-electron chi connectivity index (χ4n) is 4.43. The van der Waals surface area contributed by atoms with Gasteiger partial charge in [-0.15, -0.1) is 0 Å². The Balaban J connectivity index is 1.21. The Morgan fingerprint density at radius 1 is 0.605 bits per heavy atom. The highest BCUT2D eigenvalue weighted by Gasteiger charge is 2.14. The normalized spacial score (nSPS) is 10.7. The van der Waals surface area contributed by atoms with Gasteiger partial charge in [-0.25, -0.2) is 0 Å². The Kier molecular flexibility index (Phi) is 8.32. The van der Waals surface area contributed by atoms with Crippen LogP contribution in [0.1, 0.15) is 33.5 Å². The van der Waals surface area contributed by atoms with E-state index in [2.05, 4.69) is 17.4 Å². The number of nitrogens with one attached hydrogen (secondary N) is 1. The van der Waals surface area contributed by atoms with Crippen molar-refractivity contribution in [3.05, 3.63) is 144 Å². The van der Waals surface area contributed by atoms with Crippen LogP contribution in [-0.2, 0) is 19.6 Å². The topological polar surface area (TPSA) is 47.6 Å². The molecule has 0 fully saturated rings. The number of fused-ring (bicyclic) bond motifs is 1. The van der Waals surface area contributed by atoms with E-state index in [0.29, 0.717) is 31.1 Å². The largest absolute Gasteiger partial charge is 0.489 e. The van der Waals surface area contributed by atoms with E-state index < -0.39 is 0 Å². The summed E-state index contributed by atoms with van der Waals surface area (Å²) in [5.74, 6) is 1.43. The second-order valence-electron chi connectivity index (χ2n) is 9.21. The van der Waals surface area contributed by atoms with Gasteiger partial charge >= 0.3 is 0 Å². The van der Waals surface area contributed by atoms with Crippen molar-refractivity contribution in [2.75, 3.05) is 6.54 Å². The standard InChI is InChI=1S/C34H31NO3/c36-34(35-23-9-14-26-10-3-1-4-11-26)31-17-7-15-29-16-8-18-32(33(29)31)38-25-28-19-21-30(22-20-28)37-24-27-12-5-2-6-13-27/h1-8,10-13,15-22H,9,14,23-25H2,(H,35,36). The van der Waals surface area contributed by atoms with Gasteiger partial charge in [0.05, 0.1) is 5.56 Å². The molecule has 4 nitrogen and oxygen atoms in total. The minimum absolute atomic E-state index is 0.0837. The van der Waals surface area contributed by atoms with Crippen molar-refractivity contribution in [1.29, 1.82) is 0 Å². The molecule has 0 aliphatic rings. The van der Waals surface area contributed by atoms with Crippen LogP contribution < -0.4 is 14.8 Å². The Morgan fingerprint density at radius 2 is 1.24 bits per heavy atom. The fourth-order valence-corrected chi connectivity index (χ4v) is 4.43. The molecule has 0 aliphatic carbocycles. The van der Waals surface area contributed by atoms with Gasteiger partial charge in [-0.1, -0.05) is 97.1 Å². The highest BCUT2D eigenvalue weighted by molar-refractivity contribution is 6.09. The first-order valence-corrected chi connectivity index (χ1v) is 13.0. The summed E-state index contributed by atoms with van der Waals surface area (Å²) in [5.41, 5.74) is 4.06. The number of hydrogen-bond acceptors (Lipinski definition) is 3. The molecule has 0 heterocycles. The van der Waals surface area contributed by atoms with E-state index in [9.17, 15) is 4.79 Å². The van der Waals surface area contributed by atoms with Crippen molar-refractivity contribution in [2.45, 2.75) is 26.1 Å². The zero-order chi connectivity index (χ0) is 26.0. The molecule has 0 unspecified atom stereocenters. The number of benzene rings is 5. The number of carbonyl (C=O) groups is 1. The number of amides is 1. The third-order valence-electron chi connectivity index (χ3n) is 6.45. The van der Waals surface area contributed by atoms with Crippen molar-refractivity contribution in [2.24, 2.45) is 0 Å². The summed E-state index contributed by atoms with van der Waals surface area (Å²) in [6.45, 7) is 1.54. The molecule has 1 N–H and O–H groups in total. The predicted octanol–water partition coefficient (Wildman–Crippen LogP) is 7.36. The van der Waals surface area contributed by atoms with Crippen molar-refractivity contribution in [1.82, 2.24) is 5.32 Å². The third kappa shape index (κ3) is 6.60. The van der Waals surface area contributed by atoms with Gasteiger partial charge in [0.1, 0.15) is 24.7 Å². The molecule has 38 heavy (non-hydrogen) atoms. The molecular weight excluding hydrogens is 470 g/mol. The maximum atomic E-state index is 13.1. The lowest BCUT2D eigenvalue weighted by molar-refractivity contribution is 0.0954. The molecule has 0 bridgehead atoms.